The lowest BCUT2D eigenvalue weighted by Crippen LogP contribution is -2.31. The number of ether oxygens (including phenoxy) is 1. The molecule has 0 radical (unpaired) electrons. The van der Waals surface area contributed by atoms with Gasteiger partial charge in [-0.15, -0.1) is 10.2 Å². The topological polar surface area (TPSA) is 93.2 Å². The van der Waals surface area contributed by atoms with Crippen molar-refractivity contribution in [2.24, 2.45) is 5.92 Å². The van der Waals surface area contributed by atoms with Crippen LogP contribution < -0.4 is 15.4 Å². The second-order valence-corrected chi connectivity index (χ2v) is 8.60. The molecule has 2 aromatic carbocycles. The van der Waals surface area contributed by atoms with Gasteiger partial charge in [-0.05, 0) is 35.7 Å². The van der Waals surface area contributed by atoms with Crippen molar-refractivity contribution in [3.05, 3.63) is 64.7 Å². The standard InChI is InChI=1S/C22H22N4O3S/c1-13(2)10-19-25-26-22(30-19)24-20(27)15-7-5-8-16(11-15)23-21(28)18-12-14-6-3-4-9-17(14)29-18/h3-9,11,13,18H,10,12H2,1-2H3,(H,23,28)(H,24,26,27). The van der Waals surface area contributed by atoms with E-state index in [-0.39, 0.29) is 11.8 Å². The first kappa shape index (κ1) is 20.0. The summed E-state index contributed by atoms with van der Waals surface area (Å²) in [6, 6.07) is 14.4. The normalized spacial score (nSPS) is 14.8. The fourth-order valence-corrected chi connectivity index (χ4v) is 4.14. The van der Waals surface area contributed by atoms with Crippen molar-refractivity contribution in [2.75, 3.05) is 10.6 Å². The first-order chi connectivity index (χ1) is 14.5. The van der Waals surface area contributed by atoms with Crippen molar-refractivity contribution >= 4 is 34.0 Å². The van der Waals surface area contributed by atoms with Crippen LogP contribution in [0.25, 0.3) is 0 Å². The second-order valence-electron chi connectivity index (χ2n) is 7.54. The highest BCUT2D eigenvalue weighted by molar-refractivity contribution is 7.15. The Morgan fingerprint density at radius 2 is 1.97 bits per heavy atom. The SMILES string of the molecule is CC(C)Cc1nnc(NC(=O)c2cccc(NC(=O)C3Cc4ccccc4O3)c2)s1. The first-order valence-corrected chi connectivity index (χ1v) is 10.6. The number of fused-ring (bicyclic) bond motifs is 1. The van der Waals surface area contributed by atoms with E-state index in [0.29, 0.717) is 28.7 Å². The van der Waals surface area contributed by atoms with E-state index in [1.54, 1.807) is 24.3 Å². The fraction of sp³-hybridized carbons (Fsp3) is 0.273. The number of hydrogen-bond acceptors (Lipinski definition) is 6. The van der Waals surface area contributed by atoms with Crippen molar-refractivity contribution in [2.45, 2.75) is 32.8 Å². The summed E-state index contributed by atoms with van der Waals surface area (Å²) in [7, 11) is 0. The van der Waals surface area contributed by atoms with E-state index in [1.807, 2.05) is 24.3 Å². The maximum atomic E-state index is 12.6. The van der Waals surface area contributed by atoms with E-state index < -0.39 is 6.10 Å². The number of nitrogens with one attached hydrogen (secondary N) is 2. The highest BCUT2D eigenvalue weighted by Crippen LogP contribution is 2.28. The summed E-state index contributed by atoms with van der Waals surface area (Å²) in [5.74, 6) is 0.659. The lowest BCUT2D eigenvalue weighted by Gasteiger charge is -2.12. The lowest BCUT2D eigenvalue weighted by molar-refractivity contribution is -0.122. The summed E-state index contributed by atoms with van der Waals surface area (Å²) in [6.45, 7) is 4.21. The molecule has 0 saturated carbocycles. The Labute approximate surface area is 178 Å². The molecule has 4 rings (SSSR count). The summed E-state index contributed by atoms with van der Waals surface area (Å²) in [4.78, 5) is 25.2. The van der Waals surface area contributed by atoms with Crippen molar-refractivity contribution in [3.8, 4) is 5.75 Å². The van der Waals surface area contributed by atoms with E-state index in [2.05, 4.69) is 34.7 Å². The average Bonchev–Trinajstić information content (AvgIpc) is 3.34. The van der Waals surface area contributed by atoms with E-state index >= 15 is 0 Å². The number of rotatable bonds is 6. The van der Waals surface area contributed by atoms with Gasteiger partial charge in [0.25, 0.3) is 11.8 Å². The summed E-state index contributed by atoms with van der Waals surface area (Å²) >= 11 is 1.37. The zero-order valence-corrected chi connectivity index (χ0v) is 17.5. The molecule has 3 aromatic rings. The number of para-hydroxylation sites is 1. The van der Waals surface area contributed by atoms with Crippen LogP contribution in [0.5, 0.6) is 5.75 Å². The van der Waals surface area contributed by atoms with Crippen LogP contribution in [0.3, 0.4) is 0 Å². The van der Waals surface area contributed by atoms with Gasteiger partial charge in [-0.3, -0.25) is 14.9 Å². The highest BCUT2D eigenvalue weighted by atomic mass is 32.1. The molecule has 1 unspecified atom stereocenters. The number of benzene rings is 2. The van der Waals surface area contributed by atoms with Gasteiger partial charge >= 0.3 is 0 Å². The van der Waals surface area contributed by atoms with E-state index in [1.165, 1.54) is 11.3 Å². The van der Waals surface area contributed by atoms with Gasteiger partial charge in [-0.1, -0.05) is 49.4 Å². The maximum Gasteiger partial charge on any atom is 0.265 e. The molecule has 0 bridgehead atoms. The Morgan fingerprint density at radius 1 is 1.13 bits per heavy atom. The van der Waals surface area contributed by atoms with E-state index in [4.69, 9.17) is 4.74 Å². The van der Waals surface area contributed by atoms with Gasteiger partial charge in [0.05, 0.1) is 0 Å². The van der Waals surface area contributed by atoms with Crippen LogP contribution in [-0.4, -0.2) is 28.1 Å². The van der Waals surface area contributed by atoms with Gasteiger partial charge in [-0.2, -0.15) is 0 Å². The molecule has 30 heavy (non-hydrogen) atoms. The molecule has 2 amide bonds. The second kappa shape index (κ2) is 8.62. The summed E-state index contributed by atoms with van der Waals surface area (Å²) < 4.78 is 5.72. The van der Waals surface area contributed by atoms with Crippen LogP contribution in [-0.2, 0) is 17.6 Å². The molecule has 1 aliphatic heterocycles. The van der Waals surface area contributed by atoms with Gasteiger partial charge < -0.3 is 10.1 Å². The van der Waals surface area contributed by atoms with Gasteiger partial charge in [-0.25, -0.2) is 0 Å². The van der Waals surface area contributed by atoms with Crippen molar-refractivity contribution in [1.82, 2.24) is 10.2 Å². The van der Waals surface area contributed by atoms with Crippen LogP contribution >= 0.6 is 11.3 Å². The quantitative estimate of drug-likeness (QED) is 0.628. The number of carbonyl (C=O) groups excluding carboxylic acids is 2. The third-order valence-electron chi connectivity index (χ3n) is 4.60. The van der Waals surface area contributed by atoms with E-state index in [0.717, 1.165) is 22.7 Å². The molecule has 0 spiro atoms. The smallest absolute Gasteiger partial charge is 0.265 e. The molecular weight excluding hydrogens is 400 g/mol. The largest absolute Gasteiger partial charge is 0.480 e. The van der Waals surface area contributed by atoms with Crippen LogP contribution in [0.15, 0.2) is 48.5 Å². The van der Waals surface area contributed by atoms with Crippen LogP contribution in [0.2, 0.25) is 0 Å². The van der Waals surface area contributed by atoms with E-state index in [9.17, 15) is 9.59 Å². The van der Waals surface area contributed by atoms with Gasteiger partial charge in [0, 0.05) is 24.1 Å². The summed E-state index contributed by atoms with van der Waals surface area (Å²) in [6.07, 6.45) is 0.765. The van der Waals surface area contributed by atoms with Crippen molar-refractivity contribution in [3.63, 3.8) is 0 Å². The monoisotopic (exact) mass is 422 g/mol. The Morgan fingerprint density at radius 3 is 2.77 bits per heavy atom. The zero-order valence-electron chi connectivity index (χ0n) is 16.7. The number of amides is 2. The maximum absolute atomic E-state index is 12.6. The summed E-state index contributed by atoms with van der Waals surface area (Å²) in [5.41, 5.74) is 1.97. The molecule has 1 aliphatic rings. The van der Waals surface area contributed by atoms with Gasteiger partial charge in [0.2, 0.25) is 5.13 Å². The zero-order chi connectivity index (χ0) is 21.1. The minimum absolute atomic E-state index is 0.244. The van der Waals surface area contributed by atoms with Crippen LogP contribution in [0, 0.1) is 5.92 Å². The number of aromatic nitrogens is 2. The van der Waals surface area contributed by atoms with Gasteiger partial charge in [0.1, 0.15) is 10.8 Å². The van der Waals surface area contributed by atoms with Gasteiger partial charge in [0.15, 0.2) is 6.10 Å². The van der Waals surface area contributed by atoms with Crippen LogP contribution in [0.4, 0.5) is 10.8 Å². The fourth-order valence-electron chi connectivity index (χ4n) is 3.19. The Bertz CT molecular complexity index is 1050. The number of anilines is 2. The highest BCUT2D eigenvalue weighted by Gasteiger charge is 2.28. The predicted octanol–water partition coefficient (Wildman–Crippen LogP) is 3.93. The lowest BCUT2D eigenvalue weighted by atomic mass is 10.1. The summed E-state index contributed by atoms with van der Waals surface area (Å²) in [5, 5.41) is 15.1. The average molecular weight is 423 g/mol. The number of carbonyl (C=O) groups is 2. The predicted molar refractivity (Wildman–Crippen MR) is 116 cm³/mol. The third-order valence-corrected chi connectivity index (χ3v) is 5.46. The molecule has 2 N–H and O–H groups in total. The van der Waals surface area contributed by atoms with Crippen molar-refractivity contribution < 1.29 is 14.3 Å². The molecule has 1 aromatic heterocycles. The Hall–Kier alpha value is -3.26. The molecule has 0 saturated heterocycles. The minimum atomic E-state index is -0.583. The minimum Gasteiger partial charge on any atom is -0.480 e. The molecule has 8 heteroatoms. The molecule has 0 aliphatic carbocycles. The Balaban J connectivity index is 1.38. The first-order valence-electron chi connectivity index (χ1n) is 9.77. The Kier molecular flexibility index (Phi) is 5.76. The molecule has 2 heterocycles. The molecule has 1 atom stereocenters. The van der Waals surface area contributed by atoms with Crippen molar-refractivity contribution in [1.29, 1.82) is 0 Å². The number of nitrogens with zero attached hydrogens (tertiary/aromatic N) is 2. The molecule has 154 valence electrons. The molecule has 0 fully saturated rings. The van der Waals surface area contributed by atoms with Crippen LogP contribution in [0.1, 0.15) is 34.8 Å². The third kappa shape index (κ3) is 4.65. The number of hydrogen-bond donors (Lipinski definition) is 2. The molecular formula is C22H22N4O3S. The molecule has 7 nitrogen and oxygen atoms in total.